The van der Waals surface area contributed by atoms with E-state index in [4.69, 9.17) is 4.74 Å². The third kappa shape index (κ3) is 5.67. The monoisotopic (exact) mass is 341 g/mol. The Kier molecular flexibility index (Phi) is 5.51. The molecule has 0 aliphatic heterocycles. The quantitative estimate of drug-likeness (QED) is 0.486. The van der Waals surface area contributed by atoms with Gasteiger partial charge in [0.25, 0.3) is 5.91 Å². The lowest BCUT2D eigenvalue weighted by atomic mass is 10.1. The lowest BCUT2D eigenvalue weighted by Crippen LogP contribution is -2.25. The minimum atomic E-state index is -0.518. The van der Waals surface area contributed by atoms with Gasteiger partial charge in [-0.2, -0.15) is 4.99 Å². The van der Waals surface area contributed by atoms with E-state index in [2.05, 4.69) is 9.98 Å². The van der Waals surface area contributed by atoms with Crippen molar-refractivity contribution in [3.63, 3.8) is 0 Å². The van der Waals surface area contributed by atoms with Gasteiger partial charge in [-0.25, -0.2) is 0 Å². The SMILES string of the molecule is CN(C)C=NC(=O)c1ccc2nc(CC(=O)OC(C)(C)C)ccc2c1. The van der Waals surface area contributed by atoms with E-state index in [-0.39, 0.29) is 18.3 Å². The van der Waals surface area contributed by atoms with Crippen LogP contribution in [0, 0.1) is 0 Å². The van der Waals surface area contributed by atoms with Crippen LogP contribution in [-0.4, -0.2) is 47.8 Å². The lowest BCUT2D eigenvalue weighted by Gasteiger charge is -2.19. The molecule has 6 heteroatoms. The van der Waals surface area contributed by atoms with E-state index in [1.54, 1.807) is 43.3 Å². The highest BCUT2D eigenvalue weighted by molar-refractivity contribution is 6.01. The molecule has 2 rings (SSSR count). The molecule has 1 aromatic carbocycles. The standard InChI is InChI=1S/C19H23N3O3/c1-19(2,3)25-17(23)11-15-8-6-13-10-14(7-9-16(13)21-15)18(24)20-12-22(4)5/h6-10,12H,11H2,1-5H3. The van der Waals surface area contributed by atoms with E-state index in [1.807, 2.05) is 26.8 Å². The second kappa shape index (κ2) is 7.42. The fourth-order valence-corrected chi connectivity index (χ4v) is 2.17. The Morgan fingerprint density at radius 2 is 1.92 bits per heavy atom. The number of aliphatic imine (C=N–C) groups is 1. The molecular formula is C19H23N3O3. The molecule has 1 amide bonds. The maximum Gasteiger partial charge on any atom is 0.312 e. The van der Waals surface area contributed by atoms with Crippen LogP contribution in [0.5, 0.6) is 0 Å². The number of aromatic nitrogens is 1. The summed E-state index contributed by atoms with van der Waals surface area (Å²) in [5.74, 6) is -0.627. The number of pyridine rings is 1. The molecule has 0 saturated carbocycles. The third-order valence-corrected chi connectivity index (χ3v) is 3.15. The summed E-state index contributed by atoms with van der Waals surface area (Å²) in [6.07, 6.45) is 1.58. The number of carbonyl (C=O) groups excluding carboxylic acids is 2. The highest BCUT2D eigenvalue weighted by Crippen LogP contribution is 2.17. The molecule has 25 heavy (non-hydrogen) atoms. The number of amides is 1. The Balaban J connectivity index is 2.18. The second-order valence-corrected chi connectivity index (χ2v) is 6.99. The first-order chi connectivity index (χ1) is 11.6. The van der Waals surface area contributed by atoms with Crippen LogP contribution in [0.15, 0.2) is 35.3 Å². The Labute approximate surface area is 147 Å². The topological polar surface area (TPSA) is 71.9 Å². The second-order valence-electron chi connectivity index (χ2n) is 6.99. The molecule has 0 bridgehead atoms. The van der Waals surface area contributed by atoms with Crippen LogP contribution in [-0.2, 0) is 16.0 Å². The molecular weight excluding hydrogens is 318 g/mol. The minimum Gasteiger partial charge on any atom is -0.460 e. The van der Waals surface area contributed by atoms with Crippen molar-refractivity contribution in [3.8, 4) is 0 Å². The number of fused-ring (bicyclic) bond motifs is 1. The molecule has 0 fully saturated rings. The minimum absolute atomic E-state index is 0.112. The summed E-state index contributed by atoms with van der Waals surface area (Å²) in [4.78, 5) is 34.0. The summed E-state index contributed by atoms with van der Waals surface area (Å²) in [6.45, 7) is 5.49. The van der Waals surface area contributed by atoms with Crippen molar-refractivity contribution in [2.75, 3.05) is 14.1 Å². The zero-order valence-corrected chi connectivity index (χ0v) is 15.2. The highest BCUT2D eigenvalue weighted by atomic mass is 16.6. The average Bonchev–Trinajstić information content (AvgIpc) is 2.50. The molecule has 0 aliphatic carbocycles. The number of esters is 1. The molecule has 0 saturated heterocycles. The van der Waals surface area contributed by atoms with Gasteiger partial charge in [-0.15, -0.1) is 0 Å². The number of ether oxygens (including phenoxy) is 1. The molecule has 0 spiro atoms. The van der Waals surface area contributed by atoms with Crippen molar-refractivity contribution in [2.45, 2.75) is 32.8 Å². The maximum absolute atomic E-state index is 12.0. The first-order valence-electron chi connectivity index (χ1n) is 8.00. The molecule has 0 unspecified atom stereocenters. The van der Waals surface area contributed by atoms with E-state index in [9.17, 15) is 9.59 Å². The van der Waals surface area contributed by atoms with Crippen molar-refractivity contribution in [1.82, 2.24) is 9.88 Å². The molecule has 1 aromatic heterocycles. The fraction of sp³-hybridized carbons (Fsp3) is 0.368. The zero-order chi connectivity index (χ0) is 18.6. The summed E-state index contributed by atoms with van der Waals surface area (Å²) < 4.78 is 5.31. The van der Waals surface area contributed by atoms with Crippen LogP contribution in [0.1, 0.15) is 36.8 Å². The number of benzene rings is 1. The molecule has 0 aliphatic rings. The van der Waals surface area contributed by atoms with Crippen molar-refractivity contribution < 1.29 is 14.3 Å². The van der Waals surface area contributed by atoms with E-state index in [0.29, 0.717) is 16.8 Å². The van der Waals surface area contributed by atoms with E-state index in [0.717, 1.165) is 5.39 Å². The van der Waals surface area contributed by atoms with Crippen molar-refractivity contribution in [3.05, 3.63) is 41.6 Å². The van der Waals surface area contributed by atoms with Crippen molar-refractivity contribution in [2.24, 2.45) is 4.99 Å². The van der Waals surface area contributed by atoms with Gasteiger partial charge in [-0.05, 0) is 45.0 Å². The predicted molar refractivity (Wildman–Crippen MR) is 97.8 cm³/mol. The average molecular weight is 341 g/mol. The van der Waals surface area contributed by atoms with Crippen LogP contribution < -0.4 is 0 Å². The summed E-state index contributed by atoms with van der Waals surface area (Å²) >= 11 is 0. The summed E-state index contributed by atoms with van der Waals surface area (Å²) in [5, 5.41) is 0.818. The predicted octanol–water partition coefficient (Wildman–Crippen LogP) is 2.85. The number of nitrogens with zero attached hydrogens (tertiary/aromatic N) is 3. The summed E-state index contributed by atoms with van der Waals surface area (Å²) in [5.41, 5.74) is 1.32. The van der Waals surface area contributed by atoms with Crippen LogP contribution in [0.25, 0.3) is 10.9 Å². The highest BCUT2D eigenvalue weighted by Gasteiger charge is 2.17. The van der Waals surface area contributed by atoms with Gasteiger partial charge in [0.1, 0.15) is 5.60 Å². The Morgan fingerprint density at radius 1 is 1.20 bits per heavy atom. The Bertz CT molecular complexity index is 820. The number of rotatable bonds is 4. The van der Waals surface area contributed by atoms with Crippen LogP contribution in [0.2, 0.25) is 0 Å². The van der Waals surface area contributed by atoms with Gasteiger partial charge in [-0.1, -0.05) is 6.07 Å². The summed E-state index contributed by atoms with van der Waals surface area (Å²) in [7, 11) is 3.60. The normalized spacial score (nSPS) is 11.7. The summed E-state index contributed by atoms with van der Waals surface area (Å²) in [6, 6.07) is 8.79. The molecule has 0 atom stereocenters. The van der Waals surface area contributed by atoms with Gasteiger partial charge in [0.15, 0.2) is 0 Å². The van der Waals surface area contributed by atoms with Crippen molar-refractivity contribution in [1.29, 1.82) is 0 Å². The van der Waals surface area contributed by atoms with Gasteiger partial charge in [0.2, 0.25) is 0 Å². The van der Waals surface area contributed by atoms with E-state index >= 15 is 0 Å². The molecule has 132 valence electrons. The van der Waals surface area contributed by atoms with Gasteiger partial charge < -0.3 is 9.64 Å². The molecule has 6 nitrogen and oxygen atoms in total. The van der Waals surface area contributed by atoms with Crippen LogP contribution >= 0.6 is 0 Å². The van der Waals surface area contributed by atoms with Gasteiger partial charge in [-0.3, -0.25) is 14.6 Å². The smallest absolute Gasteiger partial charge is 0.312 e. The number of hydrogen-bond acceptors (Lipinski definition) is 4. The van der Waals surface area contributed by atoms with E-state index < -0.39 is 5.60 Å². The largest absolute Gasteiger partial charge is 0.460 e. The lowest BCUT2D eigenvalue weighted by molar-refractivity contribution is -0.153. The molecule has 0 N–H and O–H groups in total. The fourth-order valence-electron chi connectivity index (χ4n) is 2.17. The number of hydrogen-bond donors (Lipinski definition) is 0. The van der Waals surface area contributed by atoms with Crippen molar-refractivity contribution >= 4 is 29.1 Å². The van der Waals surface area contributed by atoms with Gasteiger partial charge >= 0.3 is 5.97 Å². The van der Waals surface area contributed by atoms with E-state index in [1.165, 1.54) is 6.34 Å². The Hall–Kier alpha value is -2.76. The van der Waals surface area contributed by atoms with Gasteiger partial charge in [0, 0.05) is 25.0 Å². The van der Waals surface area contributed by atoms with Crippen LogP contribution in [0.3, 0.4) is 0 Å². The first kappa shape index (κ1) is 18.6. The molecule has 2 aromatic rings. The zero-order valence-electron chi connectivity index (χ0n) is 15.2. The number of carbonyl (C=O) groups is 2. The first-order valence-corrected chi connectivity index (χ1v) is 8.00. The molecule has 0 radical (unpaired) electrons. The van der Waals surface area contributed by atoms with Crippen LogP contribution in [0.4, 0.5) is 0 Å². The Morgan fingerprint density at radius 3 is 2.56 bits per heavy atom. The maximum atomic E-state index is 12.0. The van der Waals surface area contributed by atoms with Gasteiger partial charge in [0.05, 0.1) is 24.0 Å². The third-order valence-electron chi connectivity index (χ3n) is 3.15. The molecule has 1 heterocycles.